The van der Waals surface area contributed by atoms with Gasteiger partial charge in [0.2, 0.25) is 5.88 Å². The fraction of sp³-hybridized carbons (Fsp3) is 0.167. The van der Waals surface area contributed by atoms with Crippen LogP contribution in [0.2, 0.25) is 0 Å². The summed E-state index contributed by atoms with van der Waals surface area (Å²) in [7, 11) is 1.86. The van der Waals surface area contributed by atoms with Gasteiger partial charge in [0, 0.05) is 12.6 Å². The number of hydrogen-bond donors (Lipinski definition) is 1. The number of aryl methyl sites for hydroxylation is 3. The molecule has 1 heterocycles. The van der Waals surface area contributed by atoms with Gasteiger partial charge in [-0.25, -0.2) is 0 Å². The van der Waals surface area contributed by atoms with Gasteiger partial charge in [0.05, 0.1) is 11.3 Å². The van der Waals surface area contributed by atoms with Gasteiger partial charge in [0.25, 0.3) is 0 Å². The topological polar surface area (TPSA) is 38.1 Å². The second kappa shape index (κ2) is 5.09. The maximum atomic E-state index is 10.3. The zero-order valence-corrected chi connectivity index (χ0v) is 12.5. The highest BCUT2D eigenvalue weighted by molar-refractivity contribution is 5.85. The van der Waals surface area contributed by atoms with Crippen molar-refractivity contribution < 1.29 is 5.11 Å². The molecule has 0 aliphatic carbocycles. The Balaban J connectivity index is 2.27. The molecule has 0 saturated carbocycles. The predicted molar refractivity (Wildman–Crippen MR) is 85.2 cm³/mol. The fourth-order valence-corrected chi connectivity index (χ4v) is 2.64. The molecule has 1 aromatic heterocycles. The van der Waals surface area contributed by atoms with Crippen LogP contribution in [0.25, 0.3) is 22.4 Å². The van der Waals surface area contributed by atoms with Crippen molar-refractivity contribution in [1.82, 2.24) is 9.78 Å². The Hall–Kier alpha value is -2.55. The summed E-state index contributed by atoms with van der Waals surface area (Å²) in [5.41, 5.74) is 6.14. The lowest BCUT2D eigenvalue weighted by atomic mass is 9.97. The molecule has 0 unspecified atom stereocenters. The molecule has 0 saturated heterocycles. The van der Waals surface area contributed by atoms with E-state index in [2.05, 4.69) is 31.1 Å². The minimum Gasteiger partial charge on any atom is -0.492 e. The Labute approximate surface area is 124 Å². The molecule has 3 heteroatoms. The molecule has 0 aliphatic heterocycles. The first kappa shape index (κ1) is 13.4. The second-order valence-corrected chi connectivity index (χ2v) is 5.35. The van der Waals surface area contributed by atoms with E-state index in [0.29, 0.717) is 0 Å². The van der Waals surface area contributed by atoms with Crippen molar-refractivity contribution in [3.05, 3.63) is 59.7 Å². The Morgan fingerprint density at radius 2 is 1.62 bits per heavy atom. The molecule has 0 aliphatic rings. The summed E-state index contributed by atoms with van der Waals surface area (Å²) in [5, 5.41) is 14.5. The molecule has 106 valence electrons. The largest absolute Gasteiger partial charge is 0.492 e. The van der Waals surface area contributed by atoms with Crippen molar-refractivity contribution in [2.75, 3.05) is 0 Å². The van der Waals surface area contributed by atoms with Crippen LogP contribution in [0.1, 0.15) is 11.1 Å². The van der Waals surface area contributed by atoms with Crippen LogP contribution in [0.5, 0.6) is 5.88 Å². The van der Waals surface area contributed by atoms with Gasteiger partial charge in [-0.3, -0.25) is 4.68 Å². The molecule has 0 amide bonds. The molecule has 21 heavy (non-hydrogen) atoms. The van der Waals surface area contributed by atoms with Crippen molar-refractivity contribution in [3.63, 3.8) is 0 Å². The van der Waals surface area contributed by atoms with Crippen LogP contribution in [-0.4, -0.2) is 14.9 Å². The molecular formula is C18H18N2O. The molecule has 3 aromatic rings. The molecule has 2 aromatic carbocycles. The molecule has 0 fully saturated rings. The Morgan fingerprint density at radius 3 is 2.29 bits per heavy atom. The number of benzene rings is 2. The van der Waals surface area contributed by atoms with Crippen LogP contribution >= 0.6 is 0 Å². The van der Waals surface area contributed by atoms with Crippen LogP contribution in [0.15, 0.2) is 48.5 Å². The molecule has 0 spiro atoms. The minimum atomic E-state index is 0.0691. The highest BCUT2D eigenvalue weighted by Gasteiger charge is 2.19. The molecule has 0 radical (unpaired) electrons. The zero-order valence-electron chi connectivity index (χ0n) is 12.5. The van der Waals surface area contributed by atoms with E-state index in [1.807, 2.05) is 43.4 Å². The van der Waals surface area contributed by atoms with Gasteiger partial charge in [-0.1, -0.05) is 54.1 Å². The summed E-state index contributed by atoms with van der Waals surface area (Å²) < 4.78 is 1.74. The van der Waals surface area contributed by atoms with Crippen LogP contribution < -0.4 is 0 Å². The smallest absolute Gasteiger partial charge is 0.238 e. The standard InChI is InChI=1S/C18H18N2O/c1-12-8-10-14(11-9-12)16-17(20(3)19-18(16)21)15-7-5-4-6-13(15)2/h4-11H,1-3H3,(H,19,21). The van der Waals surface area contributed by atoms with E-state index in [1.165, 1.54) is 5.56 Å². The number of nitrogens with zero attached hydrogens (tertiary/aromatic N) is 2. The quantitative estimate of drug-likeness (QED) is 0.767. The molecule has 1 N–H and O–H groups in total. The summed E-state index contributed by atoms with van der Waals surface area (Å²) in [5.74, 6) is 0.0691. The van der Waals surface area contributed by atoms with Gasteiger partial charge in [0.1, 0.15) is 0 Å². The third-order valence-electron chi connectivity index (χ3n) is 3.77. The first-order valence-corrected chi connectivity index (χ1v) is 6.97. The third-order valence-corrected chi connectivity index (χ3v) is 3.77. The van der Waals surface area contributed by atoms with Crippen molar-refractivity contribution in [3.8, 4) is 28.3 Å². The van der Waals surface area contributed by atoms with E-state index in [-0.39, 0.29) is 5.88 Å². The van der Waals surface area contributed by atoms with Crippen molar-refractivity contribution in [2.45, 2.75) is 13.8 Å². The van der Waals surface area contributed by atoms with E-state index >= 15 is 0 Å². The number of aromatic nitrogens is 2. The third kappa shape index (κ3) is 2.31. The maximum Gasteiger partial charge on any atom is 0.238 e. The van der Waals surface area contributed by atoms with E-state index in [4.69, 9.17) is 0 Å². The Kier molecular flexibility index (Phi) is 3.26. The fourth-order valence-electron chi connectivity index (χ4n) is 2.64. The lowest BCUT2D eigenvalue weighted by molar-refractivity contribution is 0.446. The van der Waals surface area contributed by atoms with Crippen molar-refractivity contribution >= 4 is 0 Å². The number of aromatic hydroxyl groups is 1. The van der Waals surface area contributed by atoms with Crippen molar-refractivity contribution in [2.24, 2.45) is 7.05 Å². The minimum absolute atomic E-state index is 0.0691. The van der Waals surface area contributed by atoms with Crippen LogP contribution in [-0.2, 0) is 7.05 Å². The lowest BCUT2D eigenvalue weighted by Gasteiger charge is -2.09. The summed E-state index contributed by atoms with van der Waals surface area (Å²) >= 11 is 0. The van der Waals surface area contributed by atoms with Gasteiger partial charge >= 0.3 is 0 Å². The predicted octanol–water partition coefficient (Wildman–Crippen LogP) is 4.08. The highest BCUT2D eigenvalue weighted by Crippen LogP contribution is 2.39. The van der Waals surface area contributed by atoms with E-state index in [0.717, 1.165) is 27.9 Å². The monoisotopic (exact) mass is 278 g/mol. The van der Waals surface area contributed by atoms with Gasteiger partial charge in [0.15, 0.2) is 0 Å². The van der Waals surface area contributed by atoms with E-state index in [1.54, 1.807) is 4.68 Å². The first-order valence-electron chi connectivity index (χ1n) is 6.97. The maximum absolute atomic E-state index is 10.3. The Bertz CT molecular complexity index is 785. The average molecular weight is 278 g/mol. The van der Waals surface area contributed by atoms with Gasteiger partial charge in [-0.05, 0) is 25.0 Å². The van der Waals surface area contributed by atoms with Gasteiger partial charge in [-0.15, -0.1) is 5.10 Å². The Morgan fingerprint density at radius 1 is 0.952 bits per heavy atom. The molecule has 0 bridgehead atoms. The first-order chi connectivity index (χ1) is 10.1. The van der Waals surface area contributed by atoms with E-state index in [9.17, 15) is 5.11 Å². The highest BCUT2D eigenvalue weighted by atomic mass is 16.3. The molecule has 3 rings (SSSR count). The molecular weight excluding hydrogens is 260 g/mol. The second-order valence-electron chi connectivity index (χ2n) is 5.35. The molecule has 3 nitrogen and oxygen atoms in total. The summed E-state index contributed by atoms with van der Waals surface area (Å²) in [4.78, 5) is 0. The molecule has 0 atom stereocenters. The number of rotatable bonds is 2. The summed E-state index contributed by atoms with van der Waals surface area (Å²) in [6, 6.07) is 16.3. The average Bonchev–Trinajstić information content (AvgIpc) is 2.75. The SMILES string of the molecule is Cc1ccc(-c2c(O)nn(C)c2-c2ccccc2C)cc1. The summed E-state index contributed by atoms with van der Waals surface area (Å²) in [6.07, 6.45) is 0. The zero-order chi connectivity index (χ0) is 15.0. The summed E-state index contributed by atoms with van der Waals surface area (Å²) in [6.45, 7) is 4.12. The van der Waals surface area contributed by atoms with E-state index < -0.39 is 0 Å². The normalized spacial score (nSPS) is 10.8. The van der Waals surface area contributed by atoms with Gasteiger partial charge in [-0.2, -0.15) is 0 Å². The van der Waals surface area contributed by atoms with Crippen molar-refractivity contribution in [1.29, 1.82) is 0 Å². The van der Waals surface area contributed by atoms with Crippen LogP contribution in [0.4, 0.5) is 0 Å². The van der Waals surface area contributed by atoms with Crippen LogP contribution in [0, 0.1) is 13.8 Å². The van der Waals surface area contributed by atoms with Crippen LogP contribution in [0.3, 0.4) is 0 Å². The van der Waals surface area contributed by atoms with Gasteiger partial charge < -0.3 is 5.11 Å². The lowest BCUT2D eigenvalue weighted by Crippen LogP contribution is -1.96. The number of hydrogen-bond acceptors (Lipinski definition) is 2.